The third kappa shape index (κ3) is 3.86. The molecule has 0 saturated heterocycles. The Kier molecular flexibility index (Phi) is 3.83. The molecule has 6 nitrogen and oxygen atoms in total. The van der Waals surface area contributed by atoms with Gasteiger partial charge in [-0.3, -0.25) is 4.79 Å². The van der Waals surface area contributed by atoms with E-state index < -0.39 is 16.0 Å². The van der Waals surface area contributed by atoms with Crippen molar-refractivity contribution in [2.75, 3.05) is 11.3 Å². The third-order valence-corrected chi connectivity index (χ3v) is 2.13. The van der Waals surface area contributed by atoms with Crippen LogP contribution in [0.15, 0.2) is 24.3 Å². The first-order chi connectivity index (χ1) is 7.83. The average Bonchev–Trinajstić information content (AvgIpc) is 2.24. The largest absolute Gasteiger partial charge is 0.285 e. The number of hydrogen-bond acceptors (Lipinski definition) is 5. The van der Waals surface area contributed by atoms with Gasteiger partial charge in [-0.2, -0.15) is 18.7 Å². The Hall–Kier alpha value is -1.91. The van der Waals surface area contributed by atoms with E-state index in [1.54, 1.807) is 0 Å². The van der Waals surface area contributed by atoms with Gasteiger partial charge in [0.05, 0.1) is 23.6 Å². The molecule has 1 aromatic rings. The molecule has 0 spiro atoms. The second kappa shape index (κ2) is 4.95. The van der Waals surface area contributed by atoms with Gasteiger partial charge in [-0.25, -0.2) is 0 Å². The quantitative estimate of drug-likeness (QED) is 0.744. The summed E-state index contributed by atoms with van der Waals surface area (Å²) in [6, 6.07) is 7.75. The summed E-state index contributed by atoms with van der Waals surface area (Å²) in [5, 5.41) is 9.32. The number of rotatable bonds is 3. The van der Waals surface area contributed by atoms with Crippen LogP contribution in [0.2, 0.25) is 0 Å². The molecule has 0 unspecified atom stereocenters. The molecule has 0 bridgehead atoms. The highest BCUT2D eigenvalue weighted by atomic mass is 32.2. The van der Waals surface area contributed by atoms with Crippen LogP contribution < -0.4 is 5.06 Å². The second-order valence-corrected chi connectivity index (χ2v) is 4.81. The number of anilines is 1. The maximum Gasteiger partial charge on any atom is 0.285 e. The van der Waals surface area contributed by atoms with Crippen molar-refractivity contribution >= 4 is 21.7 Å². The molecule has 0 aliphatic carbocycles. The molecule has 0 radical (unpaired) electrons. The van der Waals surface area contributed by atoms with Crippen molar-refractivity contribution in [1.82, 2.24) is 0 Å². The molecular formula is C10H10N2O4S. The SMILES string of the molecule is CC(=O)N(OS(C)(=O)=O)c1cccc(C#N)c1. The smallest absolute Gasteiger partial charge is 0.272 e. The molecule has 0 aliphatic heterocycles. The van der Waals surface area contributed by atoms with E-state index in [2.05, 4.69) is 4.28 Å². The molecule has 1 aromatic carbocycles. The van der Waals surface area contributed by atoms with Crippen molar-refractivity contribution in [3.05, 3.63) is 29.8 Å². The maximum atomic E-state index is 11.3. The fourth-order valence-corrected chi connectivity index (χ4v) is 1.58. The Morgan fingerprint density at radius 3 is 2.59 bits per heavy atom. The monoisotopic (exact) mass is 254 g/mol. The van der Waals surface area contributed by atoms with Crippen molar-refractivity contribution in [2.45, 2.75) is 6.92 Å². The lowest BCUT2D eigenvalue weighted by Gasteiger charge is -2.18. The predicted molar refractivity (Wildman–Crippen MR) is 60.2 cm³/mol. The van der Waals surface area contributed by atoms with Crippen LogP contribution in [-0.2, 0) is 19.2 Å². The van der Waals surface area contributed by atoms with E-state index in [4.69, 9.17) is 5.26 Å². The van der Waals surface area contributed by atoms with E-state index >= 15 is 0 Å². The van der Waals surface area contributed by atoms with Gasteiger partial charge in [0.25, 0.3) is 10.1 Å². The normalized spacial score (nSPS) is 10.6. The lowest BCUT2D eigenvalue weighted by atomic mass is 10.2. The van der Waals surface area contributed by atoms with Crippen molar-refractivity contribution < 1.29 is 17.5 Å². The molecule has 0 fully saturated rings. The van der Waals surface area contributed by atoms with Crippen LogP contribution in [0, 0.1) is 11.3 Å². The Morgan fingerprint density at radius 1 is 1.47 bits per heavy atom. The van der Waals surface area contributed by atoms with E-state index in [9.17, 15) is 13.2 Å². The number of hydrogen-bond donors (Lipinski definition) is 0. The van der Waals surface area contributed by atoms with Gasteiger partial charge in [-0.1, -0.05) is 6.07 Å². The highest BCUT2D eigenvalue weighted by molar-refractivity contribution is 7.86. The summed E-state index contributed by atoms with van der Waals surface area (Å²) in [6.45, 7) is 1.16. The minimum absolute atomic E-state index is 0.182. The first-order valence-corrected chi connectivity index (χ1v) is 6.35. The first kappa shape index (κ1) is 13.2. The zero-order valence-electron chi connectivity index (χ0n) is 9.25. The Balaban J connectivity index is 3.15. The Labute approximate surface area is 99.1 Å². The summed E-state index contributed by atoms with van der Waals surface area (Å²) in [6.07, 6.45) is 0.830. The molecule has 0 N–H and O–H groups in total. The molecule has 0 aromatic heterocycles. The van der Waals surface area contributed by atoms with Crippen molar-refractivity contribution in [3.8, 4) is 6.07 Å². The van der Waals surface area contributed by atoms with E-state index in [-0.39, 0.29) is 5.69 Å². The zero-order valence-corrected chi connectivity index (χ0v) is 10.1. The number of amides is 1. The van der Waals surface area contributed by atoms with E-state index in [1.165, 1.54) is 24.3 Å². The van der Waals surface area contributed by atoms with Gasteiger partial charge in [-0.15, -0.1) is 4.28 Å². The fraction of sp³-hybridized carbons (Fsp3) is 0.200. The van der Waals surface area contributed by atoms with Crippen LogP contribution >= 0.6 is 0 Å². The van der Waals surface area contributed by atoms with Crippen molar-refractivity contribution in [3.63, 3.8) is 0 Å². The highest BCUT2D eigenvalue weighted by Crippen LogP contribution is 2.17. The second-order valence-electron chi connectivity index (χ2n) is 3.25. The van der Waals surface area contributed by atoms with E-state index in [1.807, 2.05) is 6.07 Å². The van der Waals surface area contributed by atoms with Gasteiger partial charge >= 0.3 is 0 Å². The number of nitriles is 1. The van der Waals surface area contributed by atoms with Gasteiger partial charge in [0.2, 0.25) is 5.91 Å². The molecule has 90 valence electrons. The molecule has 17 heavy (non-hydrogen) atoms. The number of carbonyl (C=O) groups is 1. The van der Waals surface area contributed by atoms with Crippen molar-refractivity contribution in [2.24, 2.45) is 0 Å². The molecule has 0 aliphatic rings. The lowest BCUT2D eigenvalue weighted by Crippen LogP contribution is -2.31. The number of nitrogens with zero attached hydrogens (tertiary/aromatic N) is 2. The molecule has 1 rings (SSSR count). The maximum absolute atomic E-state index is 11.3. The highest BCUT2D eigenvalue weighted by Gasteiger charge is 2.18. The molecular weight excluding hydrogens is 244 g/mol. The van der Waals surface area contributed by atoms with Crippen LogP contribution in [0.4, 0.5) is 5.69 Å². The van der Waals surface area contributed by atoms with Crippen LogP contribution in [0.1, 0.15) is 12.5 Å². The van der Waals surface area contributed by atoms with Gasteiger partial charge in [0.15, 0.2) is 0 Å². The Bertz CT molecular complexity index is 574. The molecule has 1 amide bonds. The molecule has 0 saturated carbocycles. The predicted octanol–water partition coefficient (Wildman–Crippen LogP) is 0.802. The standard InChI is InChI=1S/C10H10N2O4S/c1-8(13)12(16-17(2,14)15)10-5-3-4-9(6-10)7-11/h3-6H,1-2H3. The minimum Gasteiger partial charge on any atom is -0.272 e. The zero-order chi connectivity index (χ0) is 13.1. The fourth-order valence-electron chi connectivity index (χ4n) is 1.11. The van der Waals surface area contributed by atoms with Gasteiger partial charge in [0.1, 0.15) is 0 Å². The van der Waals surface area contributed by atoms with Gasteiger partial charge in [-0.05, 0) is 18.2 Å². The summed E-state index contributed by atoms with van der Waals surface area (Å²) < 4.78 is 26.5. The van der Waals surface area contributed by atoms with Crippen LogP contribution in [0.5, 0.6) is 0 Å². The lowest BCUT2D eigenvalue weighted by molar-refractivity contribution is -0.120. The first-order valence-electron chi connectivity index (χ1n) is 4.54. The summed E-state index contributed by atoms with van der Waals surface area (Å²) in [5.74, 6) is -0.606. The van der Waals surface area contributed by atoms with Crippen LogP contribution in [0.3, 0.4) is 0 Å². The van der Waals surface area contributed by atoms with E-state index in [0.717, 1.165) is 13.2 Å². The molecule has 7 heteroatoms. The topological polar surface area (TPSA) is 87.5 Å². The Morgan fingerprint density at radius 2 is 2.12 bits per heavy atom. The molecule has 0 heterocycles. The number of hydroxylamine groups is 1. The summed E-state index contributed by atoms with van der Waals surface area (Å²) in [4.78, 5) is 11.3. The average molecular weight is 254 g/mol. The molecule has 0 atom stereocenters. The van der Waals surface area contributed by atoms with Crippen LogP contribution in [-0.4, -0.2) is 20.6 Å². The van der Waals surface area contributed by atoms with Gasteiger partial charge < -0.3 is 0 Å². The third-order valence-electron chi connectivity index (χ3n) is 1.71. The van der Waals surface area contributed by atoms with Crippen molar-refractivity contribution in [1.29, 1.82) is 5.26 Å². The summed E-state index contributed by atoms with van der Waals surface area (Å²) in [5.41, 5.74) is 0.479. The summed E-state index contributed by atoms with van der Waals surface area (Å²) >= 11 is 0. The minimum atomic E-state index is -3.81. The van der Waals surface area contributed by atoms with E-state index in [0.29, 0.717) is 10.6 Å². The van der Waals surface area contributed by atoms with Crippen LogP contribution in [0.25, 0.3) is 0 Å². The number of benzene rings is 1. The summed E-state index contributed by atoms with van der Waals surface area (Å²) in [7, 11) is -3.81. The number of carbonyl (C=O) groups excluding carboxylic acids is 1. The van der Waals surface area contributed by atoms with Gasteiger partial charge in [0, 0.05) is 6.92 Å².